The van der Waals surface area contributed by atoms with E-state index < -0.39 is 6.23 Å². The van der Waals surface area contributed by atoms with Crippen LogP contribution in [0.2, 0.25) is 0 Å². The van der Waals surface area contributed by atoms with Crippen LogP contribution in [0.3, 0.4) is 0 Å². The Balaban J connectivity index is 2.77. The molecule has 74 valence electrons. The summed E-state index contributed by atoms with van der Waals surface area (Å²) in [5, 5.41) is 1.43. The Bertz CT molecular complexity index is 268. The van der Waals surface area contributed by atoms with Crippen molar-refractivity contribution in [1.82, 2.24) is 5.06 Å². The van der Waals surface area contributed by atoms with Crippen LogP contribution in [-0.4, -0.2) is 19.2 Å². The fraction of sp³-hybridized carbons (Fsp3) is 0.429. The first-order valence-electron chi connectivity index (χ1n) is 3.48. The van der Waals surface area contributed by atoms with Gasteiger partial charge in [-0.3, -0.25) is 4.84 Å². The van der Waals surface area contributed by atoms with E-state index in [1.54, 1.807) is 19.2 Å². The van der Waals surface area contributed by atoms with Gasteiger partial charge in [-0.2, -0.15) is 5.06 Å². The molecule has 0 bridgehead atoms. The molecule has 0 radical (unpaired) electrons. The molecule has 0 aliphatic carbocycles. The Morgan fingerprint density at radius 2 is 2.31 bits per heavy atom. The minimum Gasteiger partial charge on any atom is -0.450 e. The highest BCUT2D eigenvalue weighted by Crippen LogP contribution is 2.26. The molecule has 6 heteroatoms. The van der Waals surface area contributed by atoms with E-state index in [2.05, 4.69) is 20.2 Å². The lowest BCUT2D eigenvalue weighted by Crippen LogP contribution is -2.23. The van der Waals surface area contributed by atoms with Crippen molar-refractivity contribution in [3.05, 3.63) is 22.6 Å². The second-order valence-electron chi connectivity index (χ2n) is 2.31. The summed E-state index contributed by atoms with van der Waals surface area (Å²) in [4.78, 5) is 4.92. The van der Waals surface area contributed by atoms with Gasteiger partial charge < -0.3 is 4.42 Å². The van der Waals surface area contributed by atoms with E-state index in [1.807, 2.05) is 0 Å². The average Bonchev–Trinajstić information content (AvgIpc) is 2.53. The number of halogens is 2. The molecule has 4 nitrogen and oxygen atoms in total. The van der Waals surface area contributed by atoms with Gasteiger partial charge in [0.05, 0.1) is 19.0 Å². The van der Waals surface area contributed by atoms with Gasteiger partial charge in [-0.05, 0) is 28.1 Å². The number of hydrogen-bond donors (Lipinski definition) is 0. The standard InChI is InChI=1S/C7H9BrClNO3/c1-10(11-2)7(13-9)5-3-4-6(8)12-5/h3-4,7H,1-2H3. The van der Waals surface area contributed by atoms with Gasteiger partial charge in [0, 0.05) is 7.05 Å². The molecule has 1 aromatic heterocycles. The summed E-state index contributed by atoms with van der Waals surface area (Å²) >= 11 is 8.46. The fourth-order valence-corrected chi connectivity index (χ4v) is 1.36. The maximum atomic E-state index is 5.29. The topological polar surface area (TPSA) is 34.8 Å². The highest BCUT2D eigenvalue weighted by molar-refractivity contribution is 9.10. The maximum Gasteiger partial charge on any atom is 0.211 e. The van der Waals surface area contributed by atoms with E-state index in [9.17, 15) is 0 Å². The van der Waals surface area contributed by atoms with E-state index in [4.69, 9.17) is 21.1 Å². The highest BCUT2D eigenvalue weighted by Gasteiger charge is 2.21. The number of nitrogens with zero attached hydrogens (tertiary/aromatic N) is 1. The number of furan rings is 1. The van der Waals surface area contributed by atoms with Crippen LogP contribution < -0.4 is 0 Å². The molecule has 0 fully saturated rings. The molecule has 0 aliphatic rings. The molecule has 0 aliphatic heterocycles. The second-order valence-corrected chi connectivity index (χ2v) is 3.27. The molecule has 1 aromatic rings. The summed E-state index contributed by atoms with van der Waals surface area (Å²) in [5.74, 6) is 0.561. The Morgan fingerprint density at radius 3 is 2.69 bits per heavy atom. The van der Waals surface area contributed by atoms with Gasteiger partial charge in [0.1, 0.15) is 0 Å². The predicted molar refractivity (Wildman–Crippen MR) is 50.9 cm³/mol. The van der Waals surface area contributed by atoms with E-state index in [1.165, 1.54) is 12.2 Å². The van der Waals surface area contributed by atoms with Crippen molar-refractivity contribution in [3.8, 4) is 0 Å². The van der Waals surface area contributed by atoms with E-state index >= 15 is 0 Å². The molecule has 1 heterocycles. The van der Waals surface area contributed by atoms with Gasteiger partial charge in [-0.1, -0.05) is 0 Å². The fourth-order valence-electron chi connectivity index (χ4n) is 0.836. The van der Waals surface area contributed by atoms with E-state index in [0.717, 1.165) is 0 Å². The summed E-state index contributed by atoms with van der Waals surface area (Å²) in [5.41, 5.74) is 0. The molecule has 1 rings (SSSR count). The van der Waals surface area contributed by atoms with Crippen molar-refractivity contribution in [3.63, 3.8) is 0 Å². The predicted octanol–water partition coefficient (Wildman–Crippen LogP) is 2.70. The average molecular weight is 271 g/mol. The van der Waals surface area contributed by atoms with Crippen molar-refractivity contribution in [2.75, 3.05) is 14.2 Å². The van der Waals surface area contributed by atoms with Crippen molar-refractivity contribution in [2.24, 2.45) is 0 Å². The molecular weight excluding hydrogens is 261 g/mol. The Morgan fingerprint density at radius 1 is 1.62 bits per heavy atom. The second kappa shape index (κ2) is 4.97. The smallest absolute Gasteiger partial charge is 0.211 e. The molecule has 13 heavy (non-hydrogen) atoms. The van der Waals surface area contributed by atoms with Crippen LogP contribution >= 0.6 is 27.8 Å². The zero-order valence-electron chi connectivity index (χ0n) is 7.16. The lowest BCUT2D eigenvalue weighted by Gasteiger charge is -2.20. The monoisotopic (exact) mass is 269 g/mol. The van der Waals surface area contributed by atoms with Gasteiger partial charge in [0.15, 0.2) is 10.4 Å². The van der Waals surface area contributed by atoms with Crippen LogP contribution in [0.25, 0.3) is 0 Å². The van der Waals surface area contributed by atoms with Gasteiger partial charge in [0.25, 0.3) is 0 Å². The molecule has 0 N–H and O–H groups in total. The SMILES string of the molecule is CON(C)C(OCl)c1ccc(Br)o1. The van der Waals surface area contributed by atoms with Crippen LogP contribution in [-0.2, 0) is 9.13 Å². The zero-order chi connectivity index (χ0) is 9.84. The molecule has 0 spiro atoms. The lowest BCUT2D eigenvalue weighted by atomic mass is 10.4. The molecule has 1 atom stereocenters. The Labute approximate surface area is 89.6 Å². The lowest BCUT2D eigenvalue weighted by molar-refractivity contribution is -0.200. The number of rotatable bonds is 4. The molecule has 0 saturated heterocycles. The third-order valence-electron chi connectivity index (χ3n) is 1.54. The van der Waals surface area contributed by atoms with Gasteiger partial charge in [-0.25, -0.2) is 4.29 Å². The first-order valence-corrected chi connectivity index (χ1v) is 4.58. The highest BCUT2D eigenvalue weighted by atomic mass is 79.9. The Kier molecular flexibility index (Phi) is 4.21. The van der Waals surface area contributed by atoms with Crippen LogP contribution in [0.15, 0.2) is 21.2 Å². The molecular formula is C7H9BrClNO3. The van der Waals surface area contributed by atoms with Crippen molar-refractivity contribution in [2.45, 2.75) is 6.23 Å². The van der Waals surface area contributed by atoms with Gasteiger partial charge in [0.2, 0.25) is 6.23 Å². The van der Waals surface area contributed by atoms with Crippen LogP contribution in [0.1, 0.15) is 12.0 Å². The van der Waals surface area contributed by atoms with E-state index in [0.29, 0.717) is 10.4 Å². The number of hydrogen-bond acceptors (Lipinski definition) is 4. The van der Waals surface area contributed by atoms with Crippen LogP contribution in [0, 0.1) is 0 Å². The summed E-state index contributed by atoms with van der Waals surface area (Å²) in [6, 6.07) is 3.49. The van der Waals surface area contributed by atoms with Crippen molar-refractivity contribution < 1.29 is 13.5 Å². The van der Waals surface area contributed by atoms with Crippen molar-refractivity contribution in [1.29, 1.82) is 0 Å². The van der Waals surface area contributed by atoms with Gasteiger partial charge >= 0.3 is 0 Å². The summed E-state index contributed by atoms with van der Waals surface area (Å²) in [6.45, 7) is 0. The minimum atomic E-state index is -0.557. The van der Waals surface area contributed by atoms with E-state index in [-0.39, 0.29) is 0 Å². The third kappa shape index (κ3) is 2.69. The molecule has 0 saturated carbocycles. The van der Waals surface area contributed by atoms with Crippen LogP contribution in [0.4, 0.5) is 0 Å². The zero-order valence-corrected chi connectivity index (χ0v) is 9.50. The molecule has 0 amide bonds. The molecule has 1 unspecified atom stereocenters. The first kappa shape index (κ1) is 11.0. The maximum absolute atomic E-state index is 5.29. The van der Waals surface area contributed by atoms with Crippen molar-refractivity contribution >= 4 is 27.8 Å². The van der Waals surface area contributed by atoms with Gasteiger partial charge in [-0.15, -0.1) is 0 Å². The number of hydroxylamine groups is 2. The summed E-state index contributed by atoms with van der Waals surface area (Å²) in [7, 11) is 3.20. The third-order valence-corrected chi connectivity index (χ3v) is 2.13. The summed E-state index contributed by atoms with van der Waals surface area (Å²) in [6.07, 6.45) is -0.557. The largest absolute Gasteiger partial charge is 0.450 e. The van der Waals surface area contributed by atoms with Crippen LogP contribution in [0.5, 0.6) is 0 Å². The Hall–Kier alpha value is -0.0700. The quantitative estimate of drug-likeness (QED) is 0.622. The minimum absolute atomic E-state index is 0.557. The summed E-state index contributed by atoms with van der Waals surface area (Å²) < 4.78 is 10.5. The normalized spacial score (nSPS) is 13.6. The first-order chi connectivity index (χ1) is 6.19. The molecule has 0 aromatic carbocycles.